The van der Waals surface area contributed by atoms with Crippen molar-refractivity contribution >= 4 is 24.2 Å². The number of benzene rings is 1. The van der Waals surface area contributed by atoms with Crippen molar-refractivity contribution in [3.8, 4) is 5.75 Å². The quantitative estimate of drug-likeness (QED) is 0.505. The number of nitrogens with one attached hydrogen (secondary N) is 2. The zero-order valence-corrected chi connectivity index (χ0v) is 13.2. The van der Waals surface area contributed by atoms with E-state index in [4.69, 9.17) is 10.5 Å². The van der Waals surface area contributed by atoms with Crippen LogP contribution in [0.2, 0.25) is 0 Å². The van der Waals surface area contributed by atoms with Crippen molar-refractivity contribution in [3.63, 3.8) is 0 Å². The third-order valence-electron chi connectivity index (χ3n) is 2.60. The van der Waals surface area contributed by atoms with Gasteiger partial charge in [0.2, 0.25) is 11.8 Å². The van der Waals surface area contributed by atoms with Crippen LogP contribution < -0.4 is 21.1 Å². The number of amides is 2. The number of hydrogen-bond donors (Lipinski definition) is 4. The van der Waals surface area contributed by atoms with Crippen molar-refractivity contribution in [3.05, 3.63) is 29.8 Å². The third-order valence-corrected chi connectivity index (χ3v) is 2.60. The molecule has 1 aromatic carbocycles. The second-order valence-corrected chi connectivity index (χ2v) is 4.57. The Bertz CT molecular complexity index is 485. The molecule has 22 heavy (non-hydrogen) atoms. The molecule has 8 heteroatoms. The standard InChI is InChI=1S/C14H21N3O4.ClH/c1-10-3-2-4-12(5-10)21-9-11(18)7-16-14(20)8-17-13(19)6-15;/h2-5,11,18H,6-9,15H2,1H3,(H,16,20)(H,17,19);1H. The number of aliphatic hydroxyl groups excluding tert-OH is 1. The van der Waals surface area contributed by atoms with Crippen LogP contribution in [0.3, 0.4) is 0 Å². The van der Waals surface area contributed by atoms with E-state index < -0.39 is 17.9 Å². The lowest BCUT2D eigenvalue weighted by molar-refractivity contribution is -0.125. The molecule has 0 fully saturated rings. The molecule has 0 aliphatic carbocycles. The average Bonchev–Trinajstić information content (AvgIpc) is 2.48. The van der Waals surface area contributed by atoms with Crippen molar-refractivity contribution in [2.24, 2.45) is 5.73 Å². The van der Waals surface area contributed by atoms with Crippen LogP contribution >= 0.6 is 12.4 Å². The summed E-state index contributed by atoms with van der Waals surface area (Å²) in [7, 11) is 0. The molecule has 0 heterocycles. The highest BCUT2D eigenvalue weighted by Crippen LogP contribution is 2.12. The van der Waals surface area contributed by atoms with Gasteiger partial charge in [-0.05, 0) is 24.6 Å². The molecule has 0 bridgehead atoms. The fourth-order valence-corrected chi connectivity index (χ4v) is 1.50. The van der Waals surface area contributed by atoms with E-state index in [0.29, 0.717) is 5.75 Å². The smallest absolute Gasteiger partial charge is 0.239 e. The minimum Gasteiger partial charge on any atom is -0.491 e. The summed E-state index contributed by atoms with van der Waals surface area (Å²) in [6.45, 7) is 1.73. The fraction of sp³-hybridized carbons (Fsp3) is 0.429. The van der Waals surface area contributed by atoms with Gasteiger partial charge in [-0.25, -0.2) is 0 Å². The Labute approximate surface area is 135 Å². The summed E-state index contributed by atoms with van der Waals surface area (Å²) in [4.78, 5) is 22.2. The second kappa shape index (κ2) is 10.8. The maximum absolute atomic E-state index is 11.4. The van der Waals surface area contributed by atoms with Crippen LogP contribution in [-0.2, 0) is 9.59 Å². The van der Waals surface area contributed by atoms with Gasteiger partial charge in [-0.15, -0.1) is 12.4 Å². The van der Waals surface area contributed by atoms with Gasteiger partial charge in [0.05, 0.1) is 13.1 Å². The Morgan fingerprint density at radius 1 is 1.32 bits per heavy atom. The fourth-order valence-electron chi connectivity index (χ4n) is 1.50. The summed E-state index contributed by atoms with van der Waals surface area (Å²) in [6, 6.07) is 7.45. The van der Waals surface area contributed by atoms with Crippen molar-refractivity contribution in [1.29, 1.82) is 0 Å². The third kappa shape index (κ3) is 8.46. The number of aryl methyl sites for hydroxylation is 1. The zero-order chi connectivity index (χ0) is 15.7. The summed E-state index contributed by atoms with van der Waals surface area (Å²) >= 11 is 0. The van der Waals surface area contributed by atoms with Crippen molar-refractivity contribution in [2.75, 3.05) is 26.2 Å². The van der Waals surface area contributed by atoms with Crippen LogP contribution in [0.1, 0.15) is 5.56 Å². The van der Waals surface area contributed by atoms with Crippen LogP contribution in [-0.4, -0.2) is 49.3 Å². The van der Waals surface area contributed by atoms with Gasteiger partial charge >= 0.3 is 0 Å². The molecule has 0 saturated carbocycles. The molecular formula is C14H22ClN3O4. The number of aliphatic hydroxyl groups is 1. The van der Waals surface area contributed by atoms with E-state index in [2.05, 4.69) is 10.6 Å². The molecule has 0 aromatic heterocycles. The van der Waals surface area contributed by atoms with E-state index in [-0.39, 0.29) is 38.6 Å². The molecule has 1 atom stereocenters. The maximum atomic E-state index is 11.4. The van der Waals surface area contributed by atoms with Crippen molar-refractivity contribution in [1.82, 2.24) is 10.6 Å². The van der Waals surface area contributed by atoms with Gasteiger partial charge in [-0.2, -0.15) is 0 Å². The van der Waals surface area contributed by atoms with Gasteiger partial charge < -0.3 is 26.2 Å². The molecule has 0 saturated heterocycles. The lowest BCUT2D eigenvalue weighted by Crippen LogP contribution is -2.42. The Morgan fingerprint density at radius 2 is 2.05 bits per heavy atom. The zero-order valence-electron chi connectivity index (χ0n) is 12.4. The van der Waals surface area contributed by atoms with E-state index in [1.165, 1.54) is 0 Å². The summed E-state index contributed by atoms with van der Waals surface area (Å²) in [6.07, 6.45) is -0.834. The molecule has 0 radical (unpaired) electrons. The largest absolute Gasteiger partial charge is 0.491 e. The highest BCUT2D eigenvalue weighted by molar-refractivity contribution is 5.85. The molecule has 5 N–H and O–H groups in total. The molecule has 1 unspecified atom stereocenters. The normalized spacial score (nSPS) is 11.0. The minimum atomic E-state index is -0.834. The molecule has 7 nitrogen and oxygen atoms in total. The van der Waals surface area contributed by atoms with Gasteiger partial charge in [0.25, 0.3) is 0 Å². The first-order valence-electron chi connectivity index (χ1n) is 6.62. The highest BCUT2D eigenvalue weighted by Gasteiger charge is 2.09. The average molecular weight is 332 g/mol. The Hall–Kier alpha value is -1.83. The summed E-state index contributed by atoms with van der Waals surface area (Å²) in [5, 5.41) is 14.5. The summed E-state index contributed by atoms with van der Waals surface area (Å²) < 4.78 is 5.41. The number of halogens is 1. The Balaban J connectivity index is 0.00000441. The SMILES string of the molecule is Cc1cccc(OCC(O)CNC(=O)CNC(=O)CN)c1.Cl. The van der Waals surface area contributed by atoms with Gasteiger partial charge in [0.15, 0.2) is 0 Å². The molecule has 0 spiro atoms. The van der Waals surface area contributed by atoms with Crippen LogP contribution in [0.5, 0.6) is 5.75 Å². The second-order valence-electron chi connectivity index (χ2n) is 4.57. The first-order valence-corrected chi connectivity index (χ1v) is 6.62. The Kier molecular flexibility index (Phi) is 9.93. The lowest BCUT2D eigenvalue weighted by Gasteiger charge is -2.13. The van der Waals surface area contributed by atoms with E-state index in [9.17, 15) is 14.7 Å². The minimum absolute atomic E-state index is 0. The molecule has 0 aliphatic heterocycles. The van der Waals surface area contributed by atoms with Crippen LogP contribution in [0.25, 0.3) is 0 Å². The molecule has 2 amide bonds. The number of rotatable bonds is 8. The molecule has 0 aliphatic rings. The van der Waals surface area contributed by atoms with Gasteiger partial charge in [0.1, 0.15) is 18.5 Å². The van der Waals surface area contributed by atoms with Gasteiger partial charge in [-0.3, -0.25) is 9.59 Å². The lowest BCUT2D eigenvalue weighted by atomic mass is 10.2. The van der Waals surface area contributed by atoms with Crippen LogP contribution in [0, 0.1) is 6.92 Å². The van der Waals surface area contributed by atoms with Crippen LogP contribution in [0.15, 0.2) is 24.3 Å². The van der Waals surface area contributed by atoms with E-state index >= 15 is 0 Å². The number of carbonyl (C=O) groups is 2. The predicted octanol–water partition coefficient (Wildman–Crippen LogP) is -0.652. The molecular weight excluding hydrogens is 310 g/mol. The Morgan fingerprint density at radius 3 is 2.68 bits per heavy atom. The number of nitrogens with two attached hydrogens (primary N) is 1. The number of ether oxygens (including phenoxy) is 1. The monoisotopic (exact) mass is 331 g/mol. The van der Waals surface area contributed by atoms with E-state index in [0.717, 1.165) is 5.56 Å². The van der Waals surface area contributed by atoms with Gasteiger partial charge in [0, 0.05) is 6.54 Å². The molecule has 1 rings (SSSR count). The highest BCUT2D eigenvalue weighted by atomic mass is 35.5. The summed E-state index contributed by atoms with van der Waals surface area (Å²) in [5.41, 5.74) is 6.15. The topological polar surface area (TPSA) is 114 Å². The first kappa shape index (κ1) is 20.2. The predicted molar refractivity (Wildman–Crippen MR) is 85.0 cm³/mol. The van der Waals surface area contributed by atoms with E-state index in [1.807, 2.05) is 25.1 Å². The molecule has 1 aromatic rings. The van der Waals surface area contributed by atoms with Crippen molar-refractivity contribution < 1.29 is 19.4 Å². The number of carbonyl (C=O) groups excluding carboxylic acids is 2. The summed E-state index contributed by atoms with van der Waals surface area (Å²) in [5.74, 6) is -0.143. The number of hydrogen-bond acceptors (Lipinski definition) is 5. The molecule has 124 valence electrons. The van der Waals surface area contributed by atoms with Crippen molar-refractivity contribution in [2.45, 2.75) is 13.0 Å². The maximum Gasteiger partial charge on any atom is 0.239 e. The van der Waals surface area contributed by atoms with Gasteiger partial charge in [-0.1, -0.05) is 12.1 Å². The van der Waals surface area contributed by atoms with Crippen LogP contribution in [0.4, 0.5) is 0 Å². The van der Waals surface area contributed by atoms with E-state index in [1.54, 1.807) is 6.07 Å². The first-order chi connectivity index (χ1) is 10.0.